The normalized spacial score (nSPS) is 12.8. The zero-order chi connectivity index (χ0) is 14.3. The number of nitrogens with zero attached hydrogens (tertiary/aromatic N) is 1. The van der Waals surface area contributed by atoms with Gasteiger partial charge in [0.05, 0.1) is 15.7 Å². The highest BCUT2D eigenvalue weighted by atomic mass is 35.5. The Balaban J connectivity index is 2.05. The molecule has 0 aliphatic carbocycles. The van der Waals surface area contributed by atoms with E-state index < -0.39 is 6.04 Å². The Morgan fingerprint density at radius 1 is 1.20 bits per heavy atom. The number of fused-ring (bicyclic) bond motifs is 1. The standard InChI is InChI=1S/C14H9Cl2FN2O/c15-8-5-10(16)14(19-6-8)13(18)12-4-7-3-9(17)1-2-11(7)20-12/h1-6,13H,18H2. The number of furan rings is 1. The van der Waals surface area contributed by atoms with E-state index in [9.17, 15) is 4.39 Å². The van der Waals surface area contributed by atoms with Crippen molar-refractivity contribution < 1.29 is 8.81 Å². The van der Waals surface area contributed by atoms with Gasteiger partial charge in [0.25, 0.3) is 0 Å². The average molecular weight is 311 g/mol. The molecule has 3 nitrogen and oxygen atoms in total. The molecule has 1 unspecified atom stereocenters. The van der Waals surface area contributed by atoms with Crippen LogP contribution in [0.2, 0.25) is 10.0 Å². The molecule has 0 saturated carbocycles. The molecule has 0 spiro atoms. The van der Waals surface area contributed by atoms with Crippen molar-refractivity contribution in [3.05, 3.63) is 63.8 Å². The van der Waals surface area contributed by atoms with Crippen molar-refractivity contribution in [3.63, 3.8) is 0 Å². The summed E-state index contributed by atoms with van der Waals surface area (Å²) >= 11 is 11.9. The highest BCUT2D eigenvalue weighted by molar-refractivity contribution is 6.34. The summed E-state index contributed by atoms with van der Waals surface area (Å²) in [5.41, 5.74) is 7.10. The van der Waals surface area contributed by atoms with E-state index in [4.69, 9.17) is 33.4 Å². The van der Waals surface area contributed by atoms with Gasteiger partial charge in [-0.15, -0.1) is 0 Å². The van der Waals surface area contributed by atoms with Crippen LogP contribution in [0.3, 0.4) is 0 Å². The molecule has 2 heterocycles. The fraction of sp³-hybridized carbons (Fsp3) is 0.0714. The van der Waals surface area contributed by atoms with Crippen LogP contribution in [-0.2, 0) is 0 Å². The van der Waals surface area contributed by atoms with E-state index in [1.165, 1.54) is 18.3 Å². The smallest absolute Gasteiger partial charge is 0.134 e. The van der Waals surface area contributed by atoms with E-state index in [2.05, 4.69) is 4.98 Å². The van der Waals surface area contributed by atoms with Gasteiger partial charge in [0, 0.05) is 11.6 Å². The Morgan fingerprint density at radius 3 is 2.75 bits per heavy atom. The molecule has 0 amide bonds. The Kier molecular flexibility index (Phi) is 3.38. The topological polar surface area (TPSA) is 52.0 Å². The fourth-order valence-corrected chi connectivity index (χ4v) is 2.47. The minimum absolute atomic E-state index is 0.332. The summed E-state index contributed by atoms with van der Waals surface area (Å²) in [6.07, 6.45) is 1.46. The molecule has 2 N–H and O–H groups in total. The van der Waals surface area contributed by atoms with Gasteiger partial charge >= 0.3 is 0 Å². The Bertz CT molecular complexity index is 788. The second-order valence-corrected chi connectivity index (χ2v) is 5.17. The number of benzene rings is 1. The highest BCUT2D eigenvalue weighted by Crippen LogP contribution is 2.30. The number of pyridine rings is 1. The molecule has 0 radical (unpaired) electrons. The first kappa shape index (κ1) is 13.4. The van der Waals surface area contributed by atoms with Crippen molar-refractivity contribution in [2.45, 2.75) is 6.04 Å². The van der Waals surface area contributed by atoms with Crippen LogP contribution in [0.4, 0.5) is 4.39 Å². The molecule has 1 aromatic carbocycles. The van der Waals surface area contributed by atoms with Gasteiger partial charge in [0.1, 0.15) is 23.2 Å². The zero-order valence-electron chi connectivity index (χ0n) is 10.1. The monoisotopic (exact) mass is 310 g/mol. The van der Waals surface area contributed by atoms with Gasteiger partial charge in [-0.2, -0.15) is 0 Å². The number of hydrogen-bond donors (Lipinski definition) is 1. The molecule has 3 aromatic rings. The van der Waals surface area contributed by atoms with Gasteiger partial charge in [-0.05, 0) is 30.3 Å². The summed E-state index contributed by atoms with van der Waals surface area (Å²) < 4.78 is 18.8. The van der Waals surface area contributed by atoms with Crippen molar-refractivity contribution >= 4 is 34.2 Å². The van der Waals surface area contributed by atoms with Crippen molar-refractivity contribution in [2.75, 3.05) is 0 Å². The fourth-order valence-electron chi connectivity index (χ4n) is 1.98. The molecule has 0 saturated heterocycles. The van der Waals surface area contributed by atoms with Gasteiger partial charge in [-0.1, -0.05) is 23.2 Å². The summed E-state index contributed by atoms with van der Waals surface area (Å²) in [5.74, 6) is 0.128. The van der Waals surface area contributed by atoms with E-state index >= 15 is 0 Å². The summed E-state index contributed by atoms with van der Waals surface area (Å²) in [5, 5.41) is 1.43. The van der Waals surface area contributed by atoms with Gasteiger partial charge in [0.2, 0.25) is 0 Å². The minimum atomic E-state index is -0.643. The zero-order valence-corrected chi connectivity index (χ0v) is 11.6. The van der Waals surface area contributed by atoms with Crippen LogP contribution in [0.5, 0.6) is 0 Å². The maximum absolute atomic E-state index is 13.2. The van der Waals surface area contributed by atoms with Crippen molar-refractivity contribution in [1.29, 1.82) is 0 Å². The molecule has 6 heteroatoms. The second kappa shape index (κ2) is 5.05. The Morgan fingerprint density at radius 2 is 2.00 bits per heavy atom. The molecule has 0 bridgehead atoms. The molecule has 102 valence electrons. The van der Waals surface area contributed by atoms with Gasteiger partial charge in [0.15, 0.2) is 0 Å². The summed E-state index contributed by atoms with van der Waals surface area (Å²) in [6.45, 7) is 0. The van der Waals surface area contributed by atoms with Crippen LogP contribution < -0.4 is 5.73 Å². The molecular weight excluding hydrogens is 302 g/mol. The molecule has 3 rings (SSSR count). The Labute approximate surface area is 124 Å². The van der Waals surface area contributed by atoms with Crippen molar-refractivity contribution in [2.24, 2.45) is 5.73 Å². The highest BCUT2D eigenvalue weighted by Gasteiger charge is 2.18. The lowest BCUT2D eigenvalue weighted by atomic mass is 10.1. The molecule has 20 heavy (non-hydrogen) atoms. The van der Waals surface area contributed by atoms with Gasteiger partial charge in [-0.25, -0.2) is 4.39 Å². The summed E-state index contributed by atoms with van der Waals surface area (Å²) in [6, 6.07) is 6.86. The first-order chi connectivity index (χ1) is 9.54. The molecule has 0 aliphatic heterocycles. The third kappa shape index (κ3) is 2.38. The summed E-state index contributed by atoms with van der Waals surface area (Å²) in [4.78, 5) is 4.12. The maximum atomic E-state index is 13.2. The number of rotatable bonds is 2. The largest absolute Gasteiger partial charge is 0.459 e. The summed E-state index contributed by atoms with van der Waals surface area (Å²) in [7, 11) is 0. The lowest BCUT2D eigenvalue weighted by Crippen LogP contribution is -2.13. The van der Waals surface area contributed by atoms with Crippen molar-refractivity contribution in [3.8, 4) is 0 Å². The lowest BCUT2D eigenvalue weighted by molar-refractivity contribution is 0.520. The van der Waals surface area contributed by atoms with Crippen LogP contribution >= 0.6 is 23.2 Å². The van der Waals surface area contributed by atoms with E-state index in [1.54, 1.807) is 18.2 Å². The van der Waals surface area contributed by atoms with Crippen LogP contribution in [0.15, 0.2) is 40.9 Å². The van der Waals surface area contributed by atoms with Crippen LogP contribution in [-0.4, -0.2) is 4.98 Å². The predicted octanol–water partition coefficient (Wildman–Crippen LogP) is 4.32. The quantitative estimate of drug-likeness (QED) is 0.766. The van der Waals surface area contributed by atoms with Crippen molar-refractivity contribution in [1.82, 2.24) is 4.98 Å². The van der Waals surface area contributed by atoms with E-state index in [0.717, 1.165) is 0 Å². The van der Waals surface area contributed by atoms with Gasteiger partial charge < -0.3 is 10.2 Å². The number of nitrogens with two attached hydrogens (primary N) is 1. The molecule has 1 atom stereocenters. The molecule has 0 fully saturated rings. The third-order valence-electron chi connectivity index (χ3n) is 2.93. The van der Waals surface area contributed by atoms with Crippen LogP contribution in [0.1, 0.15) is 17.5 Å². The predicted molar refractivity (Wildman–Crippen MR) is 76.5 cm³/mol. The minimum Gasteiger partial charge on any atom is -0.459 e. The molecule has 2 aromatic heterocycles. The number of halogens is 3. The molecular formula is C14H9Cl2FN2O. The first-order valence-corrected chi connectivity index (χ1v) is 6.56. The van der Waals surface area contributed by atoms with Crippen LogP contribution in [0, 0.1) is 5.82 Å². The number of aromatic nitrogens is 1. The Hall–Kier alpha value is -1.62. The van der Waals surface area contributed by atoms with Gasteiger partial charge in [-0.3, -0.25) is 4.98 Å². The number of hydrogen-bond acceptors (Lipinski definition) is 3. The SMILES string of the molecule is NC(c1cc2cc(F)ccc2o1)c1ncc(Cl)cc1Cl. The first-order valence-electron chi connectivity index (χ1n) is 5.80. The van der Waals surface area contributed by atoms with E-state index in [-0.39, 0.29) is 5.82 Å². The third-order valence-corrected chi connectivity index (χ3v) is 3.44. The van der Waals surface area contributed by atoms with E-state index in [1.807, 2.05) is 0 Å². The van der Waals surface area contributed by atoms with E-state index in [0.29, 0.717) is 32.5 Å². The lowest BCUT2D eigenvalue weighted by Gasteiger charge is -2.09. The molecule has 0 aliphatic rings. The average Bonchev–Trinajstić information content (AvgIpc) is 2.81. The van der Waals surface area contributed by atoms with Crippen LogP contribution in [0.25, 0.3) is 11.0 Å². The second-order valence-electron chi connectivity index (χ2n) is 4.33. The maximum Gasteiger partial charge on any atom is 0.134 e.